The topological polar surface area (TPSA) is 30.5 Å². The molecule has 16 heavy (non-hydrogen) atoms. The number of thioether (sulfide) groups is 1. The Morgan fingerprint density at radius 3 is 2.69 bits per heavy atom. The van der Waals surface area contributed by atoms with Crippen molar-refractivity contribution < 1.29 is 9.47 Å². The van der Waals surface area contributed by atoms with E-state index in [4.69, 9.17) is 9.47 Å². The monoisotopic (exact) mass is 245 g/mol. The third-order valence-corrected chi connectivity index (χ3v) is 4.62. The van der Waals surface area contributed by atoms with Crippen molar-refractivity contribution in [2.45, 2.75) is 50.5 Å². The fourth-order valence-electron chi connectivity index (χ4n) is 2.60. The van der Waals surface area contributed by atoms with E-state index in [-0.39, 0.29) is 6.10 Å². The van der Waals surface area contributed by atoms with Gasteiger partial charge in [-0.2, -0.15) is 11.8 Å². The molecule has 0 bridgehead atoms. The number of methoxy groups -OCH3 is 1. The molecule has 0 radical (unpaired) electrons. The van der Waals surface area contributed by atoms with Crippen LogP contribution in [0.2, 0.25) is 0 Å². The molecule has 1 saturated heterocycles. The van der Waals surface area contributed by atoms with Crippen molar-refractivity contribution in [2.75, 3.05) is 25.2 Å². The highest BCUT2D eigenvalue weighted by atomic mass is 32.2. The molecule has 3 nitrogen and oxygen atoms in total. The van der Waals surface area contributed by atoms with Crippen LogP contribution in [-0.4, -0.2) is 49.5 Å². The molecule has 0 aromatic heterocycles. The second-order valence-electron chi connectivity index (χ2n) is 4.59. The van der Waals surface area contributed by atoms with Crippen LogP contribution in [0.1, 0.15) is 26.2 Å². The summed E-state index contributed by atoms with van der Waals surface area (Å²) in [6, 6.07) is 1.21. The van der Waals surface area contributed by atoms with Crippen LogP contribution in [0.3, 0.4) is 0 Å². The van der Waals surface area contributed by atoms with E-state index in [0.29, 0.717) is 18.2 Å². The van der Waals surface area contributed by atoms with Crippen LogP contribution < -0.4 is 5.32 Å². The van der Waals surface area contributed by atoms with Gasteiger partial charge in [0.25, 0.3) is 0 Å². The van der Waals surface area contributed by atoms with Gasteiger partial charge in [0.15, 0.2) is 0 Å². The summed E-state index contributed by atoms with van der Waals surface area (Å²) >= 11 is 2.07. The van der Waals surface area contributed by atoms with Gasteiger partial charge in [-0.25, -0.2) is 0 Å². The molecule has 4 heteroatoms. The van der Waals surface area contributed by atoms with Crippen LogP contribution in [0.25, 0.3) is 0 Å². The molecular weight excluding hydrogens is 222 g/mol. The Hall–Kier alpha value is 0.230. The number of nitrogens with one attached hydrogen (secondary N) is 1. The summed E-state index contributed by atoms with van der Waals surface area (Å²) in [6.07, 6.45) is 4.28. The molecular formula is C12H23NO2S. The Bertz CT molecular complexity index is 209. The third kappa shape index (κ3) is 2.92. The third-order valence-electron chi connectivity index (χ3n) is 3.57. The predicted octanol–water partition coefficient (Wildman–Crippen LogP) is 1.66. The lowest BCUT2D eigenvalue weighted by molar-refractivity contribution is -0.133. The summed E-state index contributed by atoms with van der Waals surface area (Å²) in [5.74, 6) is 2.61. The minimum absolute atomic E-state index is 0.259. The first kappa shape index (κ1) is 12.7. The largest absolute Gasteiger partial charge is 0.377 e. The molecule has 2 rings (SSSR count). The van der Waals surface area contributed by atoms with E-state index in [2.05, 4.69) is 17.1 Å². The van der Waals surface area contributed by atoms with E-state index in [0.717, 1.165) is 13.0 Å². The van der Waals surface area contributed by atoms with E-state index < -0.39 is 0 Å². The number of rotatable bonds is 5. The molecule has 3 unspecified atom stereocenters. The molecule has 94 valence electrons. The zero-order valence-electron chi connectivity index (χ0n) is 10.3. The van der Waals surface area contributed by atoms with Crippen LogP contribution in [0.5, 0.6) is 0 Å². The van der Waals surface area contributed by atoms with E-state index in [1.807, 2.05) is 6.92 Å². The SMILES string of the molecule is CCOC1CC(NC2CCSCC2)C1OC. The maximum absolute atomic E-state index is 5.63. The summed E-state index contributed by atoms with van der Waals surface area (Å²) < 4.78 is 11.1. The van der Waals surface area contributed by atoms with Crippen LogP contribution >= 0.6 is 11.8 Å². The van der Waals surface area contributed by atoms with Crippen LogP contribution in [0.4, 0.5) is 0 Å². The van der Waals surface area contributed by atoms with E-state index in [1.54, 1.807) is 7.11 Å². The summed E-state index contributed by atoms with van der Waals surface area (Å²) in [5, 5.41) is 3.73. The van der Waals surface area contributed by atoms with Gasteiger partial charge in [0.05, 0.1) is 12.2 Å². The minimum Gasteiger partial charge on any atom is -0.377 e. The molecule has 0 aromatic rings. The minimum atomic E-state index is 0.259. The predicted molar refractivity (Wildman–Crippen MR) is 68.1 cm³/mol. The van der Waals surface area contributed by atoms with Crippen molar-refractivity contribution in [2.24, 2.45) is 0 Å². The van der Waals surface area contributed by atoms with Crippen molar-refractivity contribution in [1.29, 1.82) is 0 Å². The van der Waals surface area contributed by atoms with Gasteiger partial charge in [-0.3, -0.25) is 0 Å². The molecule has 1 heterocycles. The van der Waals surface area contributed by atoms with Crippen molar-refractivity contribution in [3.05, 3.63) is 0 Å². The summed E-state index contributed by atoms with van der Waals surface area (Å²) in [4.78, 5) is 0. The summed E-state index contributed by atoms with van der Waals surface area (Å²) in [7, 11) is 1.79. The molecule has 3 atom stereocenters. The Morgan fingerprint density at radius 2 is 2.06 bits per heavy atom. The van der Waals surface area contributed by atoms with Gasteiger partial charge in [0.1, 0.15) is 0 Å². The summed E-state index contributed by atoms with van der Waals surface area (Å²) in [5.41, 5.74) is 0. The van der Waals surface area contributed by atoms with Gasteiger partial charge in [-0.1, -0.05) is 0 Å². The highest BCUT2D eigenvalue weighted by Gasteiger charge is 2.42. The Kier molecular flexibility index (Phi) is 4.95. The average molecular weight is 245 g/mol. The fraction of sp³-hybridized carbons (Fsp3) is 1.00. The Balaban J connectivity index is 1.73. The Labute approximate surface area is 103 Å². The van der Waals surface area contributed by atoms with Gasteiger partial charge in [0.2, 0.25) is 0 Å². The zero-order chi connectivity index (χ0) is 11.4. The molecule has 1 saturated carbocycles. The van der Waals surface area contributed by atoms with Crippen molar-refractivity contribution in [1.82, 2.24) is 5.32 Å². The molecule has 0 amide bonds. The van der Waals surface area contributed by atoms with Crippen molar-refractivity contribution in [3.63, 3.8) is 0 Å². The fourth-order valence-corrected chi connectivity index (χ4v) is 3.71. The molecule has 0 aromatic carbocycles. The maximum Gasteiger partial charge on any atom is 0.0986 e. The van der Waals surface area contributed by atoms with Crippen molar-refractivity contribution in [3.8, 4) is 0 Å². The van der Waals surface area contributed by atoms with Gasteiger partial charge < -0.3 is 14.8 Å². The normalized spacial score (nSPS) is 36.0. The molecule has 2 fully saturated rings. The molecule has 1 N–H and O–H groups in total. The smallest absolute Gasteiger partial charge is 0.0986 e. The van der Waals surface area contributed by atoms with E-state index in [9.17, 15) is 0 Å². The zero-order valence-corrected chi connectivity index (χ0v) is 11.1. The molecule has 2 aliphatic rings. The first-order valence-electron chi connectivity index (χ1n) is 6.33. The molecule has 1 aliphatic carbocycles. The molecule has 0 spiro atoms. The van der Waals surface area contributed by atoms with Gasteiger partial charge in [0, 0.05) is 25.8 Å². The lowest BCUT2D eigenvalue weighted by Crippen LogP contribution is -2.62. The van der Waals surface area contributed by atoms with Crippen molar-refractivity contribution >= 4 is 11.8 Å². The first-order valence-corrected chi connectivity index (χ1v) is 7.48. The van der Waals surface area contributed by atoms with E-state index in [1.165, 1.54) is 24.3 Å². The van der Waals surface area contributed by atoms with E-state index >= 15 is 0 Å². The number of hydrogen-bond donors (Lipinski definition) is 1. The van der Waals surface area contributed by atoms with Gasteiger partial charge >= 0.3 is 0 Å². The number of ether oxygens (including phenoxy) is 2. The van der Waals surface area contributed by atoms with Gasteiger partial charge in [-0.05, 0) is 37.7 Å². The second-order valence-corrected chi connectivity index (χ2v) is 5.81. The molecule has 1 aliphatic heterocycles. The first-order chi connectivity index (χ1) is 7.85. The highest BCUT2D eigenvalue weighted by Crippen LogP contribution is 2.28. The average Bonchev–Trinajstić information content (AvgIpc) is 2.29. The maximum atomic E-state index is 5.63. The number of hydrogen-bond acceptors (Lipinski definition) is 4. The lowest BCUT2D eigenvalue weighted by atomic mass is 9.84. The van der Waals surface area contributed by atoms with Crippen LogP contribution in [0, 0.1) is 0 Å². The lowest BCUT2D eigenvalue weighted by Gasteiger charge is -2.45. The Morgan fingerprint density at radius 1 is 1.31 bits per heavy atom. The van der Waals surface area contributed by atoms with Gasteiger partial charge in [-0.15, -0.1) is 0 Å². The van der Waals surface area contributed by atoms with Crippen LogP contribution in [0.15, 0.2) is 0 Å². The van der Waals surface area contributed by atoms with Crippen LogP contribution in [-0.2, 0) is 9.47 Å². The standard InChI is InChI=1S/C12H23NO2S/c1-3-15-11-8-10(12(11)14-2)13-9-4-6-16-7-5-9/h9-13H,3-8H2,1-2H3. The summed E-state index contributed by atoms with van der Waals surface area (Å²) in [6.45, 7) is 2.84. The quantitative estimate of drug-likeness (QED) is 0.798. The second kappa shape index (κ2) is 6.24. The highest BCUT2D eigenvalue weighted by molar-refractivity contribution is 7.99.